The molecule has 2 aromatic rings. The van der Waals surface area contributed by atoms with Crippen LogP contribution in [0.2, 0.25) is 0 Å². The molecule has 0 radical (unpaired) electrons. The first kappa shape index (κ1) is 12.4. The van der Waals surface area contributed by atoms with E-state index in [9.17, 15) is 0 Å². The second-order valence-corrected chi connectivity index (χ2v) is 4.63. The smallest absolute Gasteiger partial charge is 0.0952 e. The molecule has 0 unspecified atom stereocenters. The number of aromatic nitrogens is 2. The summed E-state index contributed by atoms with van der Waals surface area (Å²) in [6, 6.07) is 6.43. The van der Waals surface area contributed by atoms with Gasteiger partial charge in [-0.1, -0.05) is 18.2 Å². The van der Waals surface area contributed by atoms with Crippen LogP contribution in [0.15, 0.2) is 18.2 Å². The van der Waals surface area contributed by atoms with Crippen LogP contribution in [0.4, 0.5) is 0 Å². The summed E-state index contributed by atoms with van der Waals surface area (Å²) in [5.41, 5.74) is 3.73. The summed E-state index contributed by atoms with van der Waals surface area (Å²) in [7, 11) is 0. The summed E-state index contributed by atoms with van der Waals surface area (Å²) in [6.07, 6.45) is 2.43. The summed E-state index contributed by atoms with van der Waals surface area (Å²) >= 11 is 0. The zero-order chi connectivity index (χ0) is 11.0. The molecular formula is C13H18ClN3. The van der Waals surface area contributed by atoms with Crippen LogP contribution in [0, 0.1) is 6.92 Å². The van der Waals surface area contributed by atoms with Crippen molar-refractivity contribution in [3.8, 4) is 0 Å². The molecule has 0 atom stereocenters. The van der Waals surface area contributed by atoms with Crippen molar-refractivity contribution < 1.29 is 0 Å². The molecule has 92 valence electrons. The van der Waals surface area contributed by atoms with Crippen LogP contribution in [0.5, 0.6) is 0 Å². The summed E-state index contributed by atoms with van der Waals surface area (Å²) in [5.74, 6) is 0.646. The molecule has 1 aliphatic heterocycles. The lowest BCUT2D eigenvalue weighted by Gasteiger charge is -2.21. The van der Waals surface area contributed by atoms with Gasteiger partial charge in [0.2, 0.25) is 0 Å². The minimum Gasteiger partial charge on any atom is -0.317 e. The van der Waals surface area contributed by atoms with Gasteiger partial charge in [-0.05, 0) is 38.4 Å². The summed E-state index contributed by atoms with van der Waals surface area (Å²) in [6.45, 7) is 4.36. The molecular weight excluding hydrogens is 234 g/mol. The Morgan fingerprint density at radius 3 is 2.76 bits per heavy atom. The van der Waals surface area contributed by atoms with Gasteiger partial charge in [0.25, 0.3) is 0 Å². The van der Waals surface area contributed by atoms with Crippen molar-refractivity contribution in [3.05, 3.63) is 29.5 Å². The number of para-hydroxylation sites is 1. The maximum atomic E-state index is 4.45. The van der Waals surface area contributed by atoms with Crippen LogP contribution < -0.4 is 5.32 Å². The second-order valence-electron chi connectivity index (χ2n) is 4.63. The number of aromatic amines is 1. The molecule has 2 heterocycles. The van der Waals surface area contributed by atoms with Gasteiger partial charge in [-0.3, -0.25) is 5.10 Å². The van der Waals surface area contributed by atoms with Gasteiger partial charge in [-0.2, -0.15) is 5.10 Å². The maximum Gasteiger partial charge on any atom is 0.0952 e. The Balaban J connectivity index is 0.00000108. The van der Waals surface area contributed by atoms with Crippen LogP contribution in [0.1, 0.15) is 30.0 Å². The molecule has 0 bridgehead atoms. The van der Waals surface area contributed by atoms with Gasteiger partial charge in [0.15, 0.2) is 0 Å². The third-order valence-electron chi connectivity index (χ3n) is 3.56. The molecule has 3 rings (SSSR count). The Bertz CT molecular complexity index is 500. The fourth-order valence-electron chi connectivity index (χ4n) is 2.62. The predicted molar refractivity (Wildman–Crippen MR) is 72.9 cm³/mol. The van der Waals surface area contributed by atoms with E-state index in [-0.39, 0.29) is 12.4 Å². The largest absolute Gasteiger partial charge is 0.317 e. The Morgan fingerprint density at radius 1 is 1.24 bits per heavy atom. The fourth-order valence-corrected chi connectivity index (χ4v) is 2.62. The van der Waals surface area contributed by atoms with E-state index in [1.807, 2.05) is 0 Å². The highest BCUT2D eigenvalue weighted by atomic mass is 35.5. The van der Waals surface area contributed by atoms with Crippen molar-refractivity contribution in [2.24, 2.45) is 0 Å². The van der Waals surface area contributed by atoms with Gasteiger partial charge in [0, 0.05) is 17.0 Å². The third-order valence-corrected chi connectivity index (χ3v) is 3.56. The standard InChI is InChI=1S/C13H17N3.ClH/c1-9-3-2-4-11-12(9)15-16-13(11)10-5-7-14-8-6-10;/h2-4,10,14H,5-8H2,1H3,(H,15,16);1H. The van der Waals surface area contributed by atoms with E-state index in [2.05, 4.69) is 40.6 Å². The van der Waals surface area contributed by atoms with E-state index in [4.69, 9.17) is 0 Å². The summed E-state index contributed by atoms with van der Waals surface area (Å²) in [5, 5.41) is 12.4. The molecule has 17 heavy (non-hydrogen) atoms. The summed E-state index contributed by atoms with van der Waals surface area (Å²) in [4.78, 5) is 0. The van der Waals surface area contributed by atoms with Crippen molar-refractivity contribution in [1.82, 2.24) is 15.5 Å². The molecule has 2 N–H and O–H groups in total. The number of hydrogen-bond acceptors (Lipinski definition) is 2. The predicted octanol–water partition coefficient (Wildman–Crippen LogP) is 2.76. The molecule has 1 aromatic carbocycles. The summed E-state index contributed by atoms with van der Waals surface area (Å²) < 4.78 is 0. The van der Waals surface area contributed by atoms with Crippen molar-refractivity contribution >= 4 is 23.3 Å². The maximum absolute atomic E-state index is 4.45. The van der Waals surface area contributed by atoms with E-state index in [0.29, 0.717) is 5.92 Å². The van der Waals surface area contributed by atoms with Gasteiger partial charge < -0.3 is 5.32 Å². The number of aryl methyl sites for hydroxylation is 1. The molecule has 1 saturated heterocycles. The topological polar surface area (TPSA) is 40.7 Å². The number of nitrogens with zero attached hydrogens (tertiary/aromatic N) is 1. The van der Waals surface area contributed by atoms with Crippen molar-refractivity contribution in [2.45, 2.75) is 25.7 Å². The number of H-pyrrole nitrogens is 1. The molecule has 1 fully saturated rings. The van der Waals surface area contributed by atoms with Crippen LogP contribution in [0.3, 0.4) is 0 Å². The lowest BCUT2D eigenvalue weighted by molar-refractivity contribution is 0.454. The normalized spacial score (nSPS) is 17.0. The number of nitrogens with one attached hydrogen (secondary N) is 2. The van der Waals surface area contributed by atoms with Gasteiger partial charge >= 0.3 is 0 Å². The molecule has 0 aliphatic carbocycles. The zero-order valence-corrected chi connectivity index (χ0v) is 10.8. The highest BCUT2D eigenvalue weighted by Crippen LogP contribution is 2.30. The van der Waals surface area contributed by atoms with Gasteiger partial charge in [0.1, 0.15) is 0 Å². The molecule has 1 aliphatic rings. The molecule has 4 heteroatoms. The minimum absolute atomic E-state index is 0. The highest BCUT2D eigenvalue weighted by molar-refractivity contribution is 5.85. The quantitative estimate of drug-likeness (QED) is 0.818. The number of hydrogen-bond donors (Lipinski definition) is 2. The number of piperidine rings is 1. The Labute approximate surface area is 107 Å². The first-order valence-electron chi connectivity index (χ1n) is 6.00. The zero-order valence-electron chi connectivity index (χ0n) is 9.99. The lowest BCUT2D eigenvalue weighted by Crippen LogP contribution is -2.26. The van der Waals surface area contributed by atoms with E-state index < -0.39 is 0 Å². The number of halogens is 1. The number of fused-ring (bicyclic) bond motifs is 1. The van der Waals surface area contributed by atoms with E-state index >= 15 is 0 Å². The minimum atomic E-state index is 0. The van der Waals surface area contributed by atoms with E-state index in [0.717, 1.165) is 18.6 Å². The second kappa shape index (κ2) is 5.07. The molecule has 0 amide bonds. The number of benzene rings is 1. The van der Waals surface area contributed by atoms with E-state index in [1.165, 1.54) is 29.5 Å². The molecule has 0 saturated carbocycles. The Hall–Kier alpha value is -1.06. The first-order valence-corrected chi connectivity index (χ1v) is 6.00. The Kier molecular flexibility index (Phi) is 3.69. The SMILES string of the molecule is Cc1cccc2c(C3CCNCC3)[nH]nc12.Cl. The Morgan fingerprint density at radius 2 is 2.00 bits per heavy atom. The van der Waals surface area contributed by atoms with Crippen molar-refractivity contribution in [1.29, 1.82) is 0 Å². The van der Waals surface area contributed by atoms with Crippen LogP contribution >= 0.6 is 12.4 Å². The number of rotatable bonds is 1. The van der Waals surface area contributed by atoms with Crippen LogP contribution in [-0.4, -0.2) is 23.3 Å². The molecule has 0 spiro atoms. The average molecular weight is 252 g/mol. The molecule has 1 aromatic heterocycles. The van der Waals surface area contributed by atoms with Crippen molar-refractivity contribution in [3.63, 3.8) is 0 Å². The van der Waals surface area contributed by atoms with Gasteiger partial charge in [-0.15, -0.1) is 12.4 Å². The first-order chi connectivity index (χ1) is 7.86. The van der Waals surface area contributed by atoms with Crippen molar-refractivity contribution in [2.75, 3.05) is 13.1 Å². The monoisotopic (exact) mass is 251 g/mol. The highest BCUT2D eigenvalue weighted by Gasteiger charge is 2.19. The van der Waals surface area contributed by atoms with Gasteiger partial charge in [0.05, 0.1) is 5.52 Å². The van der Waals surface area contributed by atoms with Crippen LogP contribution in [-0.2, 0) is 0 Å². The van der Waals surface area contributed by atoms with E-state index in [1.54, 1.807) is 0 Å². The van der Waals surface area contributed by atoms with Gasteiger partial charge in [-0.25, -0.2) is 0 Å². The fraction of sp³-hybridized carbons (Fsp3) is 0.462. The van der Waals surface area contributed by atoms with Crippen LogP contribution in [0.25, 0.3) is 10.9 Å². The lowest BCUT2D eigenvalue weighted by atomic mass is 9.92. The molecule has 3 nitrogen and oxygen atoms in total. The average Bonchev–Trinajstić information content (AvgIpc) is 2.75. The third kappa shape index (κ3) is 2.17.